The van der Waals surface area contributed by atoms with Crippen LogP contribution in [0, 0.1) is 0 Å². The van der Waals surface area contributed by atoms with E-state index in [2.05, 4.69) is 15.9 Å². The highest BCUT2D eigenvalue weighted by atomic mass is 79.9. The van der Waals surface area contributed by atoms with Crippen LogP contribution in [0.3, 0.4) is 0 Å². The number of fused-ring (bicyclic) bond motifs is 1. The Morgan fingerprint density at radius 1 is 0.931 bits per heavy atom. The lowest BCUT2D eigenvalue weighted by Gasteiger charge is -2.23. The number of benzene rings is 3. The van der Waals surface area contributed by atoms with Gasteiger partial charge in [0.1, 0.15) is 0 Å². The molecule has 1 heterocycles. The molecule has 0 radical (unpaired) electrons. The molecule has 0 unspecified atom stereocenters. The van der Waals surface area contributed by atoms with Crippen LogP contribution in [0.4, 0.5) is 5.69 Å². The molecule has 0 saturated heterocycles. The molecule has 1 atom stereocenters. The van der Waals surface area contributed by atoms with E-state index >= 15 is 0 Å². The van der Waals surface area contributed by atoms with Crippen molar-refractivity contribution < 1.29 is 14.7 Å². The third-order valence-electron chi connectivity index (χ3n) is 5.29. The highest BCUT2D eigenvalue weighted by Gasteiger charge is 2.50. The van der Waals surface area contributed by atoms with E-state index in [0.29, 0.717) is 29.8 Å². The Morgan fingerprint density at radius 3 is 2.31 bits per heavy atom. The molecule has 5 heteroatoms. The summed E-state index contributed by atoms with van der Waals surface area (Å²) in [5.41, 5.74) is 0.883. The van der Waals surface area contributed by atoms with E-state index in [-0.39, 0.29) is 12.2 Å². The van der Waals surface area contributed by atoms with Gasteiger partial charge in [0.25, 0.3) is 5.91 Å². The van der Waals surface area contributed by atoms with Crippen molar-refractivity contribution in [1.82, 2.24) is 0 Å². The van der Waals surface area contributed by atoms with Crippen LogP contribution in [0.5, 0.6) is 0 Å². The number of para-hydroxylation sites is 1. The van der Waals surface area contributed by atoms with Crippen LogP contribution < -0.4 is 4.90 Å². The molecule has 4 rings (SSSR count). The molecule has 1 aliphatic heterocycles. The molecule has 1 aliphatic rings. The summed E-state index contributed by atoms with van der Waals surface area (Å²) in [6.45, 7) is 0.439. The van der Waals surface area contributed by atoms with Crippen LogP contribution in [0.25, 0.3) is 0 Å². The Hall–Kier alpha value is -2.76. The Labute approximate surface area is 177 Å². The van der Waals surface area contributed by atoms with E-state index in [9.17, 15) is 14.7 Å². The minimum Gasteiger partial charge on any atom is -0.375 e. The molecule has 146 valence electrons. The summed E-state index contributed by atoms with van der Waals surface area (Å²) >= 11 is 3.35. The smallest absolute Gasteiger partial charge is 0.264 e. The summed E-state index contributed by atoms with van der Waals surface area (Å²) in [7, 11) is 0. The lowest BCUT2D eigenvalue weighted by atomic mass is 9.88. The van der Waals surface area contributed by atoms with Crippen LogP contribution >= 0.6 is 15.9 Å². The fourth-order valence-corrected chi connectivity index (χ4v) is 4.02. The number of hydrogen-bond acceptors (Lipinski definition) is 3. The first-order valence-corrected chi connectivity index (χ1v) is 10.2. The number of carbonyl (C=O) groups is 2. The van der Waals surface area contributed by atoms with E-state index in [0.717, 1.165) is 10.0 Å². The fourth-order valence-electron chi connectivity index (χ4n) is 3.76. The number of halogens is 1. The second-order valence-corrected chi connectivity index (χ2v) is 8.09. The molecule has 0 aromatic heterocycles. The zero-order chi connectivity index (χ0) is 20.4. The SMILES string of the molecule is O=C(C[C@]1(O)C(=O)N(CCc2ccccc2)c2ccccc21)c1ccc(Br)cc1. The van der Waals surface area contributed by atoms with Gasteiger partial charge >= 0.3 is 0 Å². The average molecular weight is 450 g/mol. The lowest BCUT2D eigenvalue weighted by Crippen LogP contribution is -2.42. The van der Waals surface area contributed by atoms with Gasteiger partial charge in [-0.15, -0.1) is 0 Å². The minimum absolute atomic E-state index is 0.270. The molecule has 0 fully saturated rings. The zero-order valence-corrected chi connectivity index (χ0v) is 17.3. The molecule has 0 spiro atoms. The third-order valence-corrected chi connectivity index (χ3v) is 5.82. The van der Waals surface area contributed by atoms with Crippen LogP contribution in [-0.2, 0) is 16.8 Å². The summed E-state index contributed by atoms with van der Waals surface area (Å²) in [6.07, 6.45) is 0.379. The minimum atomic E-state index is -1.85. The molecule has 1 amide bonds. The summed E-state index contributed by atoms with van der Waals surface area (Å²) in [6, 6.07) is 24.0. The quantitative estimate of drug-likeness (QED) is 0.563. The van der Waals surface area contributed by atoms with E-state index < -0.39 is 11.5 Å². The van der Waals surface area contributed by atoms with Crippen molar-refractivity contribution in [2.75, 3.05) is 11.4 Å². The summed E-state index contributed by atoms with van der Waals surface area (Å²) < 4.78 is 0.863. The Balaban J connectivity index is 1.60. The van der Waals surface area contributed by atoms with E-state index in [1.54, 1.807) is 41.3 Å². The van der Waals surface area contributed by atoms with Crippen molar-refractivity contribution in [1.29, 1.82) is 0 Å². The predicted molar refractivity (Wildman–Crippen MR) is 116 cm³/mol. The van der Waals surface area contributed by atoms with Crippen molar-refractivity contribution in [3.8, 4) is 0 Å². The van der Waals surface area contributed by atoms with Gasteiger partial charge in [-0.2, -0.15) is 0 Å². The molecule has 4 nitrogen and oxygen atoms in total. The van der Waals surface area contributed by atoms with Gasteiger partial charge in [0.05, 0.1) is 12.1 Å². The zero-order valence-electron chi connectivity index (χ0n) is 15.7. The molecule has 0 aliphatic carbocycles. The number of hydrogen-bond donors (Lipinski definition) is 1. The fraction of sp³-hybridized carbons (Fsp3) is 0.167. The first-order valence-electron chi connectivity index (χ1n) is 9.45. The standard InChI is InChI=1S/C24H20BrNO3/c25-19-12-10-18(11-13-19)22(27)16-24(29)20-8-4-5-9-21(20)26(23(24)28)15-14-17-6-2-1-3-7-17/h1-13,29H,14-16H2/t24-/m1/s1. The molecule has 1 N–H and O–H groups in total. The van der Waals surface area contributed by atoms with Crippen LogP contribution in [0.1, 0.15) is 27.9 Å². The number of Topliss-reactive ketones (excluding diaryl/α,β-unsaturated/α-hetero) is 1. The van der Waals surface area contributed by atoms with Gasteiger partial charge in [0, 0.05) is 22.1 Å². The van der Waals surface area contributed by atoms with Crippen molar-refractivity contribution in [2.24, 2.45) is 0 Å². The van der Waals surface area contributed by atoms with Crippen LogP contribution in [0.2, 0.25) is 0 Å². The number of anilines is 1. The third kappa shape index (κ3) is 3.76. The molecule has 3 aromatic carbocycles. The maximum absolute atomic E-state index is 13.2. The highest BCUT2D eigenvalue weighted by molar-refractivity contribution is 9.10. The monoisotopic (exact) mass is 449 g/mol. The molecule has 0 bridgehead atoms. The number of aliphatic hydroxyl groups is 1. The van der Waals surface area contributed by atoms with Gasteiger partial charge in [0.2, 0.25) is 0 Å². The first kappa shape index (κ1) is 19.6. The maximum Gasteiger partial charge on any atom is 0.264 e. The second kappa shape index (κ2) is 7.93. The number of nitrogens with zero attached hydrogens (tertiary/aromatic N) is 1. The Kier molecular flexibility index (Phi) is 5.35. The molecular formula is C24H20BrNO3. The van der Waals surface area contributed by atoms with Gasteiger partial charge in [-0.25, -0.2) is 0 Å². The van der Waals surface area contributed by atoms with Crippen molar-refractivity contribution in [3.05, 3.63) is 100 Å². The lowest BCUT2D eigenvalue weighted by molar-refractivity contribution is -0.135. The largest absolute Gasteiger partial charge is 0.375 e. The molecule has 0 saturated carbocycles. The van der Waals surface area contributed by atoms with Crippen molar-refractivity contribution in [2.45, 2.75) is 18.4 Å². The van der Waals surface area contributed by atoms with Crippen LogP contribution in [0.15, 0.2) is 83.3 Å². The normalized spacial score (nSPS) is 18.0. The van der Waals surface area contributed by atoms with Gasteiger partial charge in [0.15, 0.2) is 11.4 Å². The van der Waals surface area contributed by atoms with Crippen LogP contribution in [-0.4, -0.2) is 23.3 Å². The van der Waals surface area contributed by atoms with Gasteiger partial charge in [-0.1, -0.05) is 76.6 Å². The number of amides is 1. The van der Waals surface area contributed by atoms with E-state index in [4.69, 9.17) is 0 Å². The number of carbonyl (C=O) groups excluding carboxylic acids is 2. The van der Waals surface area contributed by atoms with Crippen molar-refractivity contribution in [3.63, 3.8) is 0 Å². The summed E-state index contributed by atoms with van der Waals surface area (Å²) in [5.74, 6) is -0.715. The van der Waals surface area contributed by atoms with Gasteiger partial charge in [-0.3, -0.25) is 9.59 Å². The van der Waals surface area contributed by atoms with Gasteiger partial charge < -0.3 is 10.0 Å². The number of ketones is 1. The highest BCUT2D eigenvalue weighted by Crippen LogP contribution is 2.42. The second-order valence-electron chi connectivity index (χ2n) is 7.18. The molecule has 29 heavy (non-hydrogen) atoms. The first-order chi connectivity index (χ1) is 14.0. The average Bonchev–Trinajstić information content (AvgIpc) is 2.95. The van der Waals surface area contributed by atoms with Crippen molar-refractivity contribution >= 4 is 33.3 Å². The molecular weight excluding hydrogens is 430 g/mol. The van der Waals surface area contributed by atoms with E-state index in [1.807, 2.05) is 42.5 Å². The van der Waals surface area contributed by atoms with Gasteiger partial charge in [-0.05, 0) is 30.2 Å². The molecule has 3 aromatic rings. The summed E-state index contributed by atoms with van der Waals surface area (Å²) in [5, 5.41) is 11.3. The predicted octanol–water partition coefficient (Wildman–Crippen LogP) is 4.50. The Morgan fingerprint density at radius 2 is 1.59 bits per heavy atom. The Bertz CT molecular complexity index is 1050. The van der Waals surface area contributed by atoms with E-state index in [1.165, 1.54) is 0 Å². The number of rotatable bonds is 6. The summed E-state index contributed by atoms with van der Waals surface area (Å²) in [4.78, 5) is 27.6. The topological polar surface area (TPSA) is 57.6 Å². The maximum atomic E-state index is 13.2.